The molecule has 0 bridgehead atoms. The number of nitriles is 1. The molecule has 0 spiro atoms. The third-order valence-electron chi connectivity index (χ3n) is 5.86. The first kappa shape index (κ1) is 20.8. The van der Waals surface area contributed by atoms with Gasteiger partial charge in [-0.15, -0.1) is 0 Å². The first-order valence-corrected chi connectivity index (χ1v) is 10.2. The van der Waals surface area contributed by atoms with Gasteiger partial charge < -0.3 is 10.2 Å². The molecule has 0 radical (unpaired) electrons. The highest BCUT2D eigenvalue weighted by atomic mass is 35.5. The normalized spacial score (nSPS) is 21.2. The molecule has 1 amide bonds. The second-order valence-electron chi connectivity index (χ2n) is 7.86. The van der Waals surface area contributed by atoms with Crippen LogP contribution in [0, 0.1) is 33.3 Å². The van der Waals surface area contributed by atoms with E-state index in [4.69, 9.17) is 11.6 Å². The lowest BCUT2D eigenvalue weighted by Crippen LogP contribution is -2.40. The summed E-state index contributed by atoms with van der Waals surface area (Å²) in [6.45, 7) is 3.60. The Hall–Kier alpha value is -3.45. The molecular formula is C20H19ClN6O4. The lowest BCUT2D eigenvalue weighted by Gasteiger charge is -2.33. The largest absolute Gasteiger partial charge is 0.342 e. The number of amides is 1. The van der Waals surface area contributed by atoms with Gasteiger partial charge in [0.25, 0.3) is 11.2 Å². The molecule has 2 aliphatic heterocycles. The Bertz CT molecular complexity index is 1170. The number of carbonyl (C=O) groups excluding carboxylic acids is 1. The second-order valence-corrected chi connectivity index (χ2v) is 8.27. The topological polar surface area (TPSA) is 145 Å². The fourth-order valence-corrected chi connectivity index (χ4v) is 4.32. The number of halogens is 1. The molecule has 1 fully saturated rings. The van der Waals surface area contributed by atoms with Crippen LogP contribution >= 0.6 is 11.6 Å². The minimum atomic E-state index is -1.29. The summed E-state index contributed by atoms with van der Waals surface area (Å²) in [5, 5.41) is 23.6. The van der Waals surface area contributed by atoms with E-state index in [9.17, 15) is 25.0 Å². The van der Waals surface area contributed by atoms with Crippen LogP contribution in [0.1, 0.15) is 36.8 Å². The third kappa shape index (κ3) is 3.72. The van der Waals surface area contributed by atoms with Gasteiger partial charge in [0, 0.05) is 36.2 Å². The van der Waals surface area contributed by atoms with Gasteiger partial charge in [-0.3, -0.25) is 24.7 Å². The van der Waals surface area contributed by atoms with Crippen molar-refractivity contribution in [2.75, 3.05) is 23.3 Å². The van der Waals surface area contributed by atoms with Gasteiger partial charge in [0.15, 0.2) is 0 Å². The monoisotopic (exact) mass is 442 g/mol. The Balaban J connectivity index is 1.86. The van der Waals surface area contributed by atoms with Crippen LogP contribution in [-0.4, -0.2) is 33.9 Å². The number of fused-ring (bicyclic) bond motifs is 1. The molecule has 2 atom stereocenters. The number of aromatic nitrogens is 2. The summed E-state index contributed by atoms with van der Waals surface area (Å²) in [5.41, 5.74) is -0.563. The van der Waals surface area contributed by atoms with Crippen LogP contribution in [0.25, 0.3) is 0 Å². The van der Waals surface area contributed by atoms with Crippen LogP contribution < -0.4 is 15.8 Å². The van der Waals surface area contributed by atoms with Gasteiger partial charge >= 0.3 is 0 Å². The third-order valence-corrected chi connectivity index (χ3v) is 6.20. The number of anilines is 2. The van der Waals surface area contributed by atoms with Crippen molar-refractivity contribution in [2.24, 2.45) is 11.8 Å². The van der Waals surface area contributed by atoms with Crippen LogP contribution in [0.3, 0.4) is 0 Å². The smallest absolute Gasteiger partial charge is 0.269 e. The van der Waals surface area contributed by atoms with Crippen LogP contribution in [-0.2, 0) is 4.79 Å². The van der Waals surface area contributed by atoms with E-state index < -0.39 is 28.2 Å². The number of nitrogens with one attached hydrogen (secondary N) is 2. The zero-order chi connectivity index (χ0) is 22.3. The van der Waals surface area contributed by atoms with Crippen molar-refractivity contribution in [3.05, 3.63) is 54.8 Å². The molecule has 1 aromatic carbocycles. The van der Waals surface area contributed by atoms with Crippen LogP contribution in [0.4, 0.5) is 17.5 Å². The number of H-pyrrole nitrogens is 1. The summed E-state index contributed by atoms with van der Waals surface area (Å²) in [6.07, 6.45) is 1.91. The average Bonchev–Trinajstić information content (AvgIpc) is 2.73. The van der Waals surface area contributed by atoms with E-state index in [1.54, 1.807) is 0 Å². The second kappa shape index (κ2) is 8.00. The molecule has 2 unspecified atom stereocenters. The maximum absolute atomic E-state index is 13.1. The summed E-state index contributed by atoms with van der Waals surface area (Å²) in [7, 11) is 0. The van der Waals surface area contributed by atoms with Crippen LogP contribution in [0.5, 0.6) is 0 Å². The summed E-state index contributed by atoms with van der Waals surface area (Å²) >= 11 is 6.29. The molecule has 3 heterocycles. The highest BCUT2D eigenvalue weighted by Gasteiger charge is 2.42. The van der Waals surface area contributed by atoms with E-state index in [1.807, 2.05) is 11.0 Å². The number of nitro benzene ring substituents is 1. The quantitative estimate of drug-likeness (QED) is 0.549. The van der Waals surface area contributed by atoms with Crippen molar-refractivity contribution < 1.29 is 9.72 Å². The van der Waals surface area contributed by atoms with Crippen LogP contribution in [0.15, 0.2) is 23.0 Å². The van der Waals surface area contributed by atoms with E-state index >= 15 is 0 Å². The number of non-ortho nitro benzene ring substituents is 1. The molecule has 2 aliphatic rings. The number of nitrogens with zero attached hydrogens (tertiary/aromatic N) is 4. The molecule has 31 heavy (non-hydrogen) atoms. The highest BCUT2D eigenvalue weighted by Crippen LogP contribution is 2.42. The maximum Gasteiger partial charge on any atom is 0.269 e. The van der Waals surface area contributed by atoms with Gasteiger partial charge in [-0.25, -0.2) is 0 Å². The summed E-state index contributed by atoms with van der Waals surface area (Å²) in [4.78, 5) is 45.6. The zero-order valence-electron chi connectivity index (χ0n) is 16.6. The van der Waals surface area contributed by atoms with E-state index in [1.165, 1.54) is 18.2 Å². The van der Waals surface area contributed by atoms with Crippen molar-refractivity contribution in [1.29, 1.82) is 5.26 Å². The SMILES string of the molecule is CC1CCN(c2nc3c(c(=O)[nH]2)C(c2cc([N+](=O)[O-])ccc2Cl)C(C#N)C(=O)N3)CC1. The van der Waals surface area contributed by atoms with Crippen molar-refractivity contribution in [2.45, 2.75) is 25.7 Å². The number of carbonyl (C=O) groups is 1. The van der Waals surface area contributed by atoms with Crippen molar-refractivity contribution in [3.63, 3.8) is 0 Å². The Morgan fingerprint density at radius 1 is 1.32 bits per heavy atom. The Kier molecular flexibility index (Phi) is 5.37. The van der Waals surface area contributed by atoms with Gasteiger partial charge in [0.05, 0.1) is 16.6 Å². The lowest BCUT2D eigenvalue weighted by atomic mass is 9.79. The maximum atomic E-state index is 13.1. The molecule has 0 aliphatic carbocycles. The number of benzene rings is 1. The van der Waals surface area contributed by atoms with Gasteiger partial charge in [0.2, 0.25) is 11.9 Å². The number of rotatable bonds is 3. The van der Waals surface area contributed by atoms with E-state index in [0.717, 1.165) is 25.9 Å². The molecule has 1 saturated heterocycles. The molecule has 0 saturated carbocycles. The zero-order valence-corrected chi connectivity index (χ0v) is 17.3. The number of piperidine rings is 1. The van der Waals surface area contributed by atoms with Gasteiger partial charge in [0.1, 0.15) is 11.7 Å². The standard InChI is InChI=1S/C20H19ClN6O4/c1-10-4-6-26(7-5-10)20-24-17-16(19(29)25-20)15(13(9-22)18(28)23-17)12-8-11(27(30)31)2-3-14(12)21/h2-3,8,10,13,15H,4-7H2,1H3,(H2,23,24,25,28,29). The fourth-order valence-electron chi connectivity index (χ4n) is 4.09. The molecule has 160 valence electrons. The molecule has 10 nitrogen and oxygen atoms in total. The number of nitro groups is 1. The summed E-state index contributed by atoms with van der Waals surface area (Å²) in [6, 6.07) is 5.63. The van der Waals surface area contributed by atoms with Crippen LogP contribution in [0.2, 0.25) is 5.02 Å². The predicted octanol–water partition coefficient (Wildman–Crippen LogP) is 2.79. The highest BCUT2D eigenvalue weighted by molar-refractivity contribution is 6.31. The van der Waals surface area contributed by atoms with E-state index in [2.05, 4.69) is 22.2 Å². The van der Waals surface area contributed by atoms with E-state index in [0.29, 0.717) is 11.9 Å². The first-order valence-electron chi connectivity index (χ1n) is 9.83. The summed E-state index contributed by atoms with van der Waals surface area (Å²) in [5.74, 6) is -2.06. The average molecular weight is 443 g/mol. The van der Waals surface area contributed by atoms with Gasteiger partial charge in [-0.2, -0.15) is 10.2 Å². The van der Waals surface area contributed by atoms with E-state index in [-0.39, 0.29) is 27.7 Å². The van der Waals surface area contributed by atoms with Gasteiger partial charge in [-0.05, 0) is 30.4 Å². The van der Waals surface area contributed by atoms with Crippen molar-refractivity contribution in [1.82, 2.24) is 9.97 Å². The lowest BCUT2D eigenvalue weighted by molar-refractivity contribution is -0.384. The molecule has 4 rings (SSSR count). The molecular weight excluding hydrogens is 424 g/mol. The Morgan fingerprint density at radius 3 is 2.68 bits per heavy atom. The Morgan fingerprint density at radius 2 is 2.03 bits per heavy atom. The number of aromatic amines is 1. The molecule has 2 aromatic rings. The minimum absolute atomic E-state index is 0.0430. The van der Waals surface area contributed by atoms with Crippen molar-refractivity contribution in [3.8, 4) is 6.07 Å². The molecule has 11 heteroatoms. The van der Waals surface area contributed by atoms with Crippen molar-refractivity contribution >= 4 is 35.0 Å². The summed E-state index contributed by atoms with van der Waals surface area (Å²) < 4.78 is 0. The van der Waals surface area contributed by atoms with Gasteiger partial charge in [-0.1, -0.05) is 18.5 Å². The molecule has 2 N–H and O–H groups in total. The Labute approximate surface area is 182 Å². The predicted molar refractivity (Wildman–Crippen MR) is 113 cm³/mol. The first-order chi connectivity index (χ1) is 14.8. The fraction of sp³-hybridized carbons (Fsp3) is 0.400. The minimum Gasteiger partial charge on any atom is -0.342 e. The number of hydrogen-bond acceptors (Lipinski definition) is 7. The number of hydrogen-bond donors (Lipinski definition) is 2. The molecule has 1 aromatic heterocycles.